The Labute approximate surface area is 123 Å². The normalized spacial score (nSPS) is 14.2. The number of ketones is 1. The van der Waals surface area contributed by atoms with E-state index in [4.69, 9.17) is 5.11 Å². The van der Waals surface area contributed by atoms with Crippen molar-refractivity contribution in [2.75, 3.05) is 5.32 Å². The van der Waals surface area contributed by atoms with Gasteiger partial charge in [-0.1, -0.05) is 15.9 Å². The summed E-state index contributed by atoms with van der Waals surface area (Å²) in [5.41, 5.74) is 0.0743. The number of halogens is 4. The molecule has 0 amide bonds. The minimum atomic E-state index is -2.63. The van der Waals surface area contributed by atoms with Crippen LogP contribution in [-0.2, 0) is 11.2 Å². The summed E-state index contributed by atoms with van der Waals surface area (Å²) in [5.74, 6) is -1.28. The third-order valence-corrected chi connectivity index (χ3v) is 3.20. The second-order valence-corrected chi connectivity index (χ2v) is 5.42. The van der Waals surface area contributed by atoms with Crippen molar-refractivity contribution in [3.63, 3.8) is 0 Å². The van der Waals surface area contributed by atoms with E-state index in [2.05, 4.69) is 21.2 Å². The molecule has 7 heteroatoms. The second-order valence-electron chi connectivity index (χ2n) is 4.50. The van der Waals surface area contributed by atoms with Crippen LogP contribution in [0.4, 0.5) is 18.9 Å². The predicted molar refractivity (Wildman–Crippen MR) is 73.6 cm³/mol. The molecule has 0 aliphatic heterocycles. The highest BCUT2D eigenvalue weighted by atomic mass is 79.9. The van der Waals surface area contributed by atoms with Crippen molar-refractivity contribution >= 4 is 27.4 Å². The van der Waals surface area contributed by atoms with Gasteiger partial charge >= 0.3 is 0 Å². The topological polar surface area (TPSA) is 49.3 Å². The van der Waals surface area contributed by atoms with Gasteiger partial charge in [-0.3, -0.25) is 4.79 Å². The van der Waals surface area contributed by atoms with Crippen LogP contribution in [0.15, 0.2) is 16.6 Å². The van der Waals surface area contributed by atoms with Crippen molar-refractivity contribution in [1.29, 1.82) is 0 Å². The average molecular weight is 354 g/mol. The summed E-state index contributed by atoms with van der Waals surface area (Å²) >= 11 is 3.07. The lowest BCUT2D eigenvalue weighted by atomic mass is 10.0. The molecule has 0 spiro atoms. The van der Waals surface area contributed by atoms with E-state index in [0.29, 0.717) is 4.47 Å². The summed E-state index contributed by atoms with van der Waals surface area (Å²) in [7, 11) is 0. The van der Waals surface area contributed by atoms with Gasteiger partial charge in [-0.05, 0) is 26.0 Å². The summed E-state index contributed by atoms with van der Waals surface area (Å²) in [6, 6.07) is 1.37. The Hall–Kier alpha value is -1.08. The zero-order valence-corrected chi connectivity index (χ0v) is 12.5. The van der Waals surface area contributed by atoms with Crippen LogP contribution in [0.1, 0.15) is 19.4 Å². The maximum absolute atomic E-state index is 13.9. The molecule has 1 rings (SSSR count). The molecule has 20 heavy (non-hydrogen) atoms. The van der Waals surface area contributed by atoms with Crippen LogP contribution in [0.25, 0.3) is 0 Å². The maximum Gasteiger partial charge on any atom is 0.258 e. The number of rotatable bonds is 6. The van der Waals surface area contributed by atoms with Crippen LogP contribution in [0.2, 0.25) is 0 Å². The van der Waals surface area contributed by atoms with Crippen LogP contribution in [0, 0.1) is 5.82 Å². The molecule has 2 unspecified atom stereocenters. The Morgan fingerprint density at radius 2 is 2.00 bits per heavy atom. The van der Waals surface area contributed by atoms with Gasteiger partial charge in [0.2, 0.25) is 0 Å². The Morgan fingerprint density at radius 1 is 1.40 bits per heavy atom. The lowest BCUT2D eigenvalue weighted by Crippen LogP contribution is -2.26. The molecule has 0 heterocycles. The van der Waals surface area contributed by atoms with Gasteiger partial charge < -0.3 is 10.4 Å². The third kappa shape index (κ3) is 4.49. The van der Waals surface area contributed by atoms with E-state index >= 15 is 0 Å². The molecule has 1 aromatic rings. The zero-order chi connectivity index (χ0) is 15.4. The lowest BCUT2D eigenvalue weighted by Gasteiger charge is -2.18. The van der Waals surface area contributed by atoms with Crippen molar-refractivity contribution in [3.8, 4) is 0 Å². The molecule has 2 N–H and O–H groups in total. The molecule has 0 radical (unpaired) electrons. The van der Waals surface area contributed by atoms with Gasteiger partial charge in [-0.2, -0.15) is 0 Å². The average Bonchev–Trinajstić information content (AvgIpc) is 2.32. The predicted octanol–water partition coefficient (Wildman–Crippen LogP) is 3.15. The van der Waals surface area contributed by atoms with E-state index in [1.54, 1.807) is 0 Å². The van der Waals surface area contributed by atoms with Gasteiger partial charge in [0.15, 0.2) is 5.78 Å². The van der Waals surface area contributed by atoms with Crippen molar-refractivity contribution in [2.45, 2.75) is 38.8 Å². The number of hydrogen-bond donors (Lipinski definition) is 2. The molecule has 0 saturated heterocycles. The summed E-state index contributed by atoms with van der Waals surface area (Å²) in [4.78, 5) is 11.5. The first-order valence-corrected chi connectivity index (χ1v) is 6.75. The largest absolute Gasteiger partial charge is 0.386 e. The summed E-state index contributed by atoms with van der Waals surface area (Å²) in [5, 5.41) is 11.6. The van der Waals surface area contributed by atoms with E-state index in [0.717, 1.165) is 6.07 Å². The number of aliphatic hydroxyl groups excluding tert-OH is 1. The van der Waals surface area contributed by atoms with Crippen LogP contribution in [0.5, 0.6) is 0 Å². The fourth-order valence-electron chi connectivity index (χ4n) is 1.54. The minimum Gasteiger partial charge on any atom is -0.386 e. The fourth-order valence-corrected chi connectivity index (χ4v) is 1.97. The highest BCUT2D eigenvalue weighted by molar-refractivity contribution is 9.10. The molecule has 0 bridgehead atoms. The van der Waals surface area contributed by atoms with Gasteiger partial charge in [0.25, 0.3) is 6.43 Å². The smallest absolute Gasteiger partial charge is 0.258 e. The zero-order valence-electron chi connectivity index (χ0n) is 11.0. The highest BCUT2D eigenvalue weighted by Crippen LogP contribution is 2.27. The van der Waals surface area contributed by atoms with Gasteiger partial charge in [0, 0.05) is 22.1 Å². The summed E-state index contributed by atoms with van der Waals surface area (Å²) < 4.78 is 39.4. The second kappa shape index (κ2) is 7.08. The first-order chi connectivity index (χ1) is 9.22. The Kier molecular flexibility index (Phi) is 6.01. The lowest BCUT2D eigenvalue weighted by molar-refractivity contribution is -0.125. The summed E-state index contributed by atoms with van der Waals surface area (Å²) in [6.07, 6.45) is -4.23. The van der Waals surface area contributed by atoms with Crippen LogP contribution < -0.4 is 5.32 Å². The molecule has 0 fully saturated rings. The Morgan fingerprint density at radius 3 is 2.50 bits per heavy atom. The first kappa shape index (κ1) is 17.0. The van der Waals surface area contributed by atoms with Crippen LogP contribution >= 0.6 is 15.9 Å². The molecule has 2 atom stereocenters. The van der Waals surface area contributed by atoms with Gasteiger partial charge in [-0.25, -0.2) is 13.2 Å². The monoisotopic (exact) mass is 353 g/mol. The number of hydrogen-bond acceptors (Lipinski definition) is 3. The van der Waals surface area contributed by atoms with E-state index < -0.39 is 30.2 Å². The molecule has 112 valence electrons. The Balaban J connectivity index is 3.10. The summed E-state index contributed by atoms with van der Waals surface area (Å²) in [6.45, 7) is 2.53. The number of anilines is 1. The molecular formula is C13H15BrF3NO2. The highest BCUT2D eigenvalue weighted by Gasteiger charge is 2.20. The molecule has 1 aromatic carbocycles. The maximum atomic E-state index is 13.9. The Bertz CT molecular complexity index is 495. The number of alkyl halides is 2. The number of benzene rings is 1. The van der Waals surface area contributed by atoms with Crippen molar-refractivity contribution in [1.82, 2.24) is 0 Å². The molecule has 0 aliphatic rings. The first-order valence-electron chi connectivity index (χ1n) is 5.95. The minimum absolute atomic E-state index is 0.0356. The van der Waals surface area contributed by atoms with E-state index in [9.17, 15) is 18.0 Å². The third-order valence-electron chi connectivity index (χ3n) is 2.74. The number of nitrogens with one attached hydrogen (secondary N) is 1. The van der Waals surface area contributed by atoms with Gasteiger partial charge in [0.05, 0.1) is 6.04 Å². The van der Waals surface area contributed by atoms with Gasteiger partial charge in [0.1, 0.15) is 11.9 Å². The standard InChI is InChI=1S/C13H15BrF3NO2/c1-6(13(16)17)18-11-4-8(14)3-10(15)9(11)5-12(20)7(2)19/h3-4,6-7,13,18-19H,5H2,1-2H3. The molecule has 3 nitrogen and oxygen atoms in total. The van der Waals surface area contributed by atoms with E-state index in [1.807, 2.05) is 0 Å². The van der Waals surface area contributed by atoms with Gasteiger partial charge in [-0.15, -0.1) is 0 Å². The number of carbonyl (C=O) groups is 1. The van der Waals surface area contributed by atoms with Crippen molar-refractivity contribution in [2.24, 2.45) is 0 Å². The van der Waals surface area contributed by atoms with E-state index in [1.165, 1.54) is 19.9 Å². The quantitative estimate of drug-likeness (QED) is 0.825. The molecule has 0 aliphatic carbocycles. The SMILES string of the molecule is CC(O)C(=O)Cc1c(F)cc(Br)cc1NC(C)C(F)F. The van der Waals surface area contributed by atoms with Crippen molar-refractivity contribution in [3.05, 3.63) is 28.0 Å². The van der Waals surface area contributed by atoms with Crippen LogP contribution in [-0.4, -0.2) is 29.5 Å². The number of carbonyl (C=O) groups excluding carboxylic acids is 1. The molecule has 0 saturated carbocycles. The molecular weight excluding hydrogens is 339 g/mol. The van der Waals surface area contributed by atoms with Crippen LogP contribution in [0.3, 0.4) is 0 Å². The number of aliphatic hydroxyl groups is 1. The molecule has 0 aromatic heterocycles. The fraction of sp³-hybridized carbons (Fsp3) is 0.462. The van der Waals surface area contributed by atoms with E-state index in [-0.39, 0.29) is 17.7 Å². The number of Topliss-reactive ketones (excluding diaryl/α,β-unsaturated/α-hetero) is 1. The van der Waals surface area contributed by atoms with Crippen molar-refractivity contribution < 1.29 is 23.1 Å².